The second-order valence-electron chi connectivity index (χ2n) is 2.13. The Morgan fingerprint density at radius 3 is 2.90 bits per heavy atom. The lowest BCUT2D eigenvalue weighted by molar-refractivity contribution is 0.0972. The van der Waals surface area contributed by atoms with E-state index >= 15 is 0 Å². The van der Waals surface area contributed by atoms with Gasteiger partial charge in [-0.25, -0.2) is 0 Å². The average molecular weight is 155 g/mol. The van der Waals surface area contributed by atoms with Crippen molar-refractivity contribution >= 4 is 17.1 Å². The van der Waals surface area contributed by atoms with Gasteiger partial charge in [0.05, 0.1) is 10.9 Å². The molecule has 0 saturated carbocycles. The summed E-state index contributed by atoms with van der Waals surface area (Å²) in [5, 5.41) is 1.87. The van der Waals surface area contributed by atoms with Gasteiger partial charge in [-0.2, -0.15) is 0 Å². The molecule has 0 spiro atoms. The highest BCUT2D eigenvalue weighted by atomic mass is 32.1. The summed E-state index contributed by atoms with van der Waals surface area (Å²) >= 11 is 1.43. The molecule has 2 nitrogen and oxygen atoms in total. The minimum absolute atomic E-state index is 0.0231. The van der Waals surface area contributed by atoms with Gasteiger partial charge in [-0.3, -0.25) is 4.79 Å². The van der Waals surface area contributed by atoms with Crippen molar-refractivity contribution in [2.45, 2.75) is 13.0 Å². The van der Waals surface area contributed by atoms with Crippen LogP contribution in [0.25, 0.3) is 0 Å². The summed E-state index contributed by atoms with van der Waals surface area (Å²) in [6.07, 6.45) is 0. The number of nitrogens with two attached hydrogens (primary N) is 1. The zero-order chi connectivity index (χ0) is 7.56. The molecule has 0 aliphatic rings. The Balaban J connectivity index is 2.78. The fourth-order valence-corrected chi connectivity index (χ4v) is 1.41. The molecule has 1 atom stereocenters. The third kappa shape index (κ3) is 1.43. The highest BCUT2D eigenvalue weighted by Crippen LogP contribution is 2.09. The maximum Gasteiger partial charge on any atom is 0.189 e. The molecule has 0 aliphatic carbocycles. The number of Topliss-reactive ketones (excluding diaryl/α,β-unsaturated/α-hetero) is 1. The number of carbonyl (C=O) groups excluding carboxylic acids is 1. The van der Waals surface area contributed by atoms with E-state index in [-0.39, 0.29) is 11.8 Å². The van der Waals surface area contributed by atoms with E-state index < -0.39 is 0 Å². The number of rotatable bonds is 2. The maximum atomic E-state index is 11.1. The van der Waals surface area contributed by atoms with Crippen molar-refractivity contribution in [3.63, 3.8) is 0 Å². The first kappa shape index (κ1) is 7.44. The lowest BCUT2D eigenvalue weighted by Crippen LogP contribution is -2.25. The standard InChI is InChI=1S/C7H9NOS/c1-5(8)7(9)6-3-2-4-10-6/h2-5H,8H2,1H3/t5-/m0/s1. The number of hydrogen-bond donors (Lipinski definition) is 1. The van der Waals surface area contributed by atoms with Crippen LogP contribution in [0.5, 0.6) is 0 Å². The van der Waals surface area contributed by atoms with Crippen molar-refractivity contribution in [1.82, 2.24) is 0 Å². The van der Waals surface area contributed by atoms with Crippen molar-refractivity contribution in [3.8, 4) is 0 Å². The van der Waals surface area contributed by atoms with Gasteiger partial charge in [0.25, 0.3) is 0 Å². The molecule has 2 N–H and O–H groups in total. The maximum absolute atomic E-state index is 11.1. The smallest absolute Gasteiger partial charge is 0.189 e. The normalized spacial score (nSPS) is 13.0. The second kappa shape index (κ2) is 2.94. The van der Waals surface area contributed by atoms with Crippen LogP contribution in [0.3, 0.4) is 0 Å². The summed E-state index contributed by atoms with van der Waals surface area (Å²) in [5.74, 6) is 0.0231. The first-order valence-corrected chi connectivity index (χ1v) is 3.93. The Morgan fingerprint density at radius 1 is 1.80 bits per heavy atom. The molecule has 1 aromatic heterocycles. The fourth-order valence-electron chi connectivity index (χ4n) is 0.643. The minimum atomic E-state index is -0.376. The first-order valence-electron chi connectivity index (χ1n) is 3.05. The fraction of sp³-hybridized carbons (Fsp3) is 0.286. The average Bonchev–Trinajstić information content (AvgIpc) is 2.36. The summed E-state index contributed by atoms with van der Waals surface area (Å²) in [5.41, 5.74) is 5.38. The molecule has 10 heavy (non-hydrogen) atoms. The summed E-state index contributed by atoms with van der Waals surface area (Å²) in [4.78, 5) is 11.8. The third-order valence-electron chi connectivity index (χ3n) is 1.18. The van der Waals surface area contributed by atoms with Crippen molar-refractivity contribution in [1.29, 1.82) is 0 Å². The van der Waals surface area contributed by atoms with Gasteiger partial charge in [0, 0.05) is 0 Å². The highest BCUT2D eigenvalue weighted by molar-refractivity contribution is 7.12. The molecule has 0 aromatic carbocycles. The van der Waals surface area contributed by atoms with E-state index in [1.807, 2.05) is 11.4 Å². The van der Waals surface area contributed by atoms with E-state index in [2.05, 4.69) is 0 Å². The topological polar surface area (TPSA) is 43.1 Å². The zero-order valence-corrected chi connectivity index (χ0v) is 6.52. The predicted octanol–water partition coefficient (Wildman–Crippen LogP) is 1.28. The van der Waals surface area contributed by atoms with E-state index in [1.165, 1.54) is 11.3 Å². The quantitative estimate of drug-likeness (QED) is 0.654. The predicted molar refractivity (Wildman–Crippen MR) is 42.3 cm³/mol. The molecule has 0 radical (unpaired) electrons. The molecule has 54 valence electrons. The van der Waals surface area contributed by atoms with E-state index in [0.717, 1.165) is 4.88 Å². The number of thiophene rings is 1. The van der Waals surface area contributed by atoms with Crippen LogP contribution in [0.1, 0.15) is 16.6 Å². The van der Waals surface area contributed by atoms with Crippen molar-refractivity contribution in [2.75, 3.05) is 0 Å². The number of hydrogen-bond acceptors (Lipinski definition) is 3. The molecule has 0 bridgehead atoms. The summed E-state index contributed by atoms with van der Waals surface area (Å²) in [6.45, 7) is 1.70. The van der Waals surface area contributed by atoms with Crippen LogP contribution in [-0.4, -0.2) is 11.8 Å². The van der Waals surface area contributed by atoms with Crippen LogP contribution in [0.4, 0.5) is 0 Å². The molecule has 0 amide bonds. The molecule has 1 rings (SSSR count). The van der Waals surface area contributed by atoms with Crippen LogP contribution in [0.15, 0.2) is 17.5 Å². The van der Waals surface area contributed by atoms with Gasteiger partial charge in [-0.15, -0.1) is 11.3 Å². The molecule has 1 aromatic rings. The van der Waals surface area contributed by atoms with Crippen LogP contribution in [0.2, 0.25) is 0 Å². The SMILES string of the molecule is C[C@H](N)C(=O)c1cccs1. The lowest BCUT2D eigenvalue weighted by Gasteiger charge is -1.98. The minimum Gasteiger partial charge on any atom is -0.321 e. The highest BCUT2D eigenvalue weighted by Gasteiger charge is 2.10. The van der Waals surface area contributed by atoms with Crippen molar-refractivity contribution in [2.24, 2.45) is 5.73 Å². The Kier molecular flexibility index (Phi) is 2.19. The molecule has 0 aliphatic heterocycles. The Morgan fingerprint density at radius 2 is 2.50 bits per heavy atom. The van der Waals surface area contributed by atoms with E-state index in [9.17, 15) is 4.79 Å². The Labute approximate surface area is 63.7 Å². The largest absolute Gasteiger partial charge is 0.321 e. The summed E-state index contributed by atoms with van der Waals surface area (Å²) in [7, 11) is 0. The molecule has 3 heteroatoms. The zero-order valence-electron chi connectivity index (χ0n) is 5.70. The van der Waals surface area contributed by atoms with Crippen LogP contribution < -0.4 is 5.73 Å². The van der Waals surface area contributed by atoms with Gasteiger partial charge < -0.3 is 5.73 Å². The number of ketones is 1. The monoisotopic (exact) mass is 155 g/mol. The molecule has 0 saturated heterocycles. The van der Waals surface area contributed by atoms with Crippen LogP contribution in [0, 0.1) is 0 Å². The Hall–Kier alpha value is -0.670. The van der Waals surface area contributed by atoms with Gasteiger partial charge in [0.15, 0.2) is 5.78 Å². The van der Waals surface area contributed by atoms with E-state index in [1.54, 1.807) is 13.0 Å². The Bertz CT molecular complexity index is 216. The van der Waals surface area contributed by atoms with Gasteiger partial charge in [-0.05, 0) is 18.4 Å². The van der Waals surface area contributed by atoms with E-state index in [4.69, 9.17) is 5.73 Å². The molecule has 1 heterocycles. The van der Waals surface area contributed by atoms with Gasteiger partial charge in [0.1, 0.15) is 0 Å². The first-order chi connectivity index (χ1) is 4.72. The molecular formula is C7H9NOS. The molecule has 0 fully saturated rings. The van der Waals surface area contributed by atoms with Crippen molar-refractivity contribution < 1.29 is 4.79 Å². The van der Waals surface area contributed by atoms with E-state index in [0.29, 0.717) is 0 Å². The van der Waals surface area contributed by atoms with Gasteiger partial charge in [-0.1, -0.05) is 6.07 Å². The van der Waals surface area contributed by atoms with Crippen LogP contribution in [-0.2, 0) is 0 Å². The van der Waals surface area contributed by atoms with Gasteiger partial charge >= 0.3 is 0 Å². The third-order valence-corrected chi connectivity index (χ3v) is 2.06. The van der Waals surface area contributed by atoms with Gasteiger partial charge in [0.2, 0.25) is 0 Å². The molecule has 0 unspecified atom stereocenters. The second-order valence-corrected chi connectivity index (χ2v) is 3.08. The van der Waals surface area contributed by atoms with Crippen LogP contribution >= 0.6 is 11.3 Å². The lowest BCUT2D eigenvalue weighted by atomic mass is 10.2. The number of carbonyl (C=O) groups is 1. The molecular weight excluding hydrogens is 146 g/mol. The van der Waals surface area contributed by atoms with Crippen molar-refractivity contribution in [3.05, 3.63) is 22.4 Å². The summed E-state index contributed by atoms with van der Waals surface area (Å²) < 4.78 is 0. The summed E-state index contributed by atoms with van der Waals surface area (Å²) in [6, 6.07) is 3.26.